The molecule has 1 amide bonds. The third kappa shape index (κ3) is 3.42. The van der Waals surface area contributed by atoms with E-state index in [0.717, 1.165) is 23.5 Å². The molecule has 0 radical (unpaired) electrons. The zero-order valence-corrected chi connectivity index (χ0v) is 13.7. The molecule has 1 aromatic heterocycles. The maximum absolute atomic E-state index is 12.3. The zero-order chi connectivity index (χ0) is 17.1. The number of aromatic amines is 1. The fourth-order valence-electron chi connectivity index (χ4n) is 2.87. The minimum Gasteiger partial charge on any atom is -0.497 e. The smallest absolute Gasteiger partial charge is 0.224 e. The summed E-state index contributed by atoms with van der Waals surface area (Å²) in [5, 5.41) is 2.87. The van der Waals surface area contributed by atoms with Crippen molar-refractivity contribution in [1.29, 1.82) is 0 Å². The first-order valence-electron chi connectivity index (χ1n) is 7.79. The fraction of sp³-hybridized carbons (Fsp3) is 0.333. The quantitative estimate of drug-likeness (QED) is 0.847. The van der Waals surface area contributed by atoms with Crippen LogP contribution in [0.2, 0.25) is 0 Å². The van der Waals surface area contributed by atoms with Crippen LogP contribution in [0.3, 0.4) is 0 Å². The number of hydrogen-bond donors (Lipinski definition) is 2. The van der Waals surface area contributed by atoms with Gasteiger partial charge in [-0.1, -0.05) is 0 Å². The van der Waals surface area contributed by atoms with Crippen LogP contribution in [0.4, 0.5) is 0 Å². The molecule has 126 valence electrons. The topological polar surface area (TPSA) is 80.4 Å². The Bertz CT molecular complexity index is 800. The number of rotatable bonds is 6. The minimum absolute atomic E-state index is 0.0189. The highest BCUT2D eigenvalue weighted by Crippen LogP contribution is 2.51. The molecule has 3 rings (SSSR count). The van der Waals surface area contributed by atoms with E-state index in [1.165, 1.54) is 12.1 Å². The van der Waals surface area contributed by atoms with Crippen LogP contribution < -0.4 is 20.2 Å². The van der Waals surface area contributed by atoms with Gasteiger partial charge in [0, 0.05) is 41.4 Å². The van der Waals surface area contributed by atoms with Gasteiger partial charge < -0.3 is 19.8 Å². The van der Waals surface area contributed by atoms with E-state index >= 15 is 0 Å². The lowest BCUT2D eigenvalue weighted by atomic mass is 10.1. The van der Waals surface area contributed by atoms with Gasteiger partial charge in [-0.2, -0.15) is 0 Å². The van der Waals surface area contributed by atoms with Crippen molar-refractivity contribution in [2.75, 3.05) is 14.2 Å². The average Bonchev–Trinajstić information content (AvgIpc) is 3.40. The van der Waals surface area contributed by atoms with Gasteiger partial charge in [0.05, 0.1) is 20.8 Å². The maximum Gasteiger partial charge on any atom is 0.224 e. The predicted octanol–water partition coefficient (Wildman–Crippen LogP) is 1.81. The molecule has 2 aromatic rings. The molecule has 6 nitrogen and oxygen atoms in total. The second-order valence-electron chi connectivity index (χ2n) is 5.82. The van der Waals surface area contributed by atoms with Gasteiger partial charge in [-0.05, 0) is 24.6 Å². The van der Waals surface area contributed by atoms with Gasteiger partial charge in [0.1, 0.15) is 11.5 Å². The summed E-state index contributed by atoms with van der Waals surface area (Å²) < 4.78 is 10.6. The van der Waals surface area contributed by atoms with Crippen molar-refractivity contribution in [3.05, 3.63) is 58.0 Å². The molecule has 0 aliphatic heterocycles. The summed E-state index contributed by atoms with van der Waals surface area (Å²) >= 11 is 0. The molecule has 0 saturated heterocycles. The highest BCUT2D eigenvalue weighted by atomic mass is 16.5. The Morgan fingerprint density at radius 3 is 2.79 bits per heavy atom. The highest BCUT2D eigenvalue weighted by molar-refractivity contribution is 5.83. The van der Waals surface area contributed by atoms with E-state index in [-0.39, 0.29) is 23.2 Å². The molecule has 2 unspecified atom stereocenters. The van der Waals surface area contributed by atoms with Gasteiger partial charge in [-0.15, -0.1) is 0 Å². The van der Waals surface area contributed by atoms with E-state index < -0.39 is 0 Å². The van der Waals surface area contributed by atoms with Crippen molar-refractivity contribution in [1.82, 2.24) is 10.3 Å². The van der Waals surface area contributed by atoms with Crippen molar-refractivity contribution in [2.24, 2.45) is 5.92 Å². The maximum atomic E-state index is 12.3. The number of aromatic nitrogens is 1. The van der Waals surface area contributed by atoms with Gasteiger partial charge >= 0.3 is 0 Å². The molecule has 24 heavy (non-hydrogen) atoms. The van der Waals surface area contributed by atoms with Crippen LogP contribution in [0.25, 0.3) is 0 Å². The Hall–Kier alpha value is -2.76. The number of ether oxygens (including phenoxy) is 2. The van der Waals surface area contributed by atoms with E-state index in [9.17, 15) is 9.59 Å². The van der Waals surface area contributed by atoms with Crippen LogP contribution in [-0.2, 0) is 11.3 Å². The van der Waals surface area contributed by atoms with Crippen molar-refractivity contribution in [3.63, 3.8) is 0 Å². The van der Waals surface area contributed by atoms with Crippen LogP contribution in [0.1, 0.15) is 23.6 Å². The monoisotopic (exact) mass is 328 g/mol. The van der Waals surface area contributed by atoms with E-state index in [1.54, 1.807) is 20.4 Å². The van der Waals surface area contributed by atoms with E-state index in [1.807, 2.05) is 18.2 Å². The predicted molar refractivity (Wildman–Crippen MR) is 89.3 cm³/mol. The van der Waals surface area contributed by atoms with Gasteiger partial charge in [-0.3, -0.25) is 9.59 Å². The van der Waals surface area contributed by atoms with Gasteiger partial charge in [0.15, 0.2) is 5.43 Å². The Morgan fingerprint density at radius 1 is 1.25 bits per heavy atom. The van der Waals surface area contributed by atoms with E-state index in [2.05, 4.69) is 10.3 Å². The Kier molecular flexibility index (Phi) is 4.55. The van der Waals surface area contributed by atoms with Crippen molar-refractivity contribution in [2.45, 2.75) is 18.9 Å². The molecule has 2 atom stereocenters. The first-order valence-corrected chi connectivity index (χ1v) is 7.79. The first-order chi connectivity index (χ1) is 11.6. The average molecular weight is 328 g/mol. The van der Waals surface area contributed by atoms with E-state index in [4.69, 9.17) is 9.47 Å². The van der Waals surface area contributed by atoms with E-state index in [0.29, 0.717) is 12.2 Å². The number of carbonyl (C=O) groups is 1. The number of amides is 1. The van der Waals surface area contributed by atoms with Crippen LogP contribution in [-0.4, -0.2) is 25.1 Å². The highest BCUT2D eigenvalue weighted by Gasteiger charge is 2.45. The molecule has 1 aromatic carbocycles. The molecular formula is C18H20N2O4. The minimum atomic E-state index is -0.0820. The van der Waals surface area contributed by atoms with Gasteiger partial charge in [0.25, 0.3) is 0 Å². The summed E-state index contributed by atoms with van der Waals surface area (Å²) in [5.74, 6) is 1.54. The summed E-state index contributed by atoms with van der Waals surface area (Å²) in [7, 11) is 3.23. The molecule has 0 spiro atoms. The SMILES string of the molecule is COc1ccc(OC)c(C2CC2C(=O)NCc2cc(=O)cc[nH]2)c1. The Balaban J connectivity index is 1.64. The third-order valence-corrected chi connectivity index (χ3v) is 4.25. The lowest BCUT2D eigenvalue weighted by Crippen LogP contribution is -2.25. The molecule has 0 bridgehead atoms. The van der Waals surface area contributed by atoms with Crippen molar-refractivity contribution >= 4 is 5.91 Å². The molecule has 1 heterocycles. The van der Waals surface area contributed by atoms with Crippen LogP contribution in [0.5, 0.6) is 11.5 Å². The second-order valence-corrected chi connectivity index (χ2v) is 5.82. The molecule has 1 fully saturated rings. The number of pyridine rings is 1. The van der Waals surface area contributed by atoms with Gasteiger partial charge in [0.2, 0.25) is 5.91 Å². The lowest BCUT2D eigenvalue weighted by molar-refractivity contribution is -0.122. The molecular weight excluding hydrogens is 308 g/mol. The number of H-pyrrole nitrogens is 1. The zero-order valence-electron chi connectivity index (χ0n) is 13.7. The number of carbonyl (C=O) groups excluding carboxylic acids is 1. The number of hydrogen-bond acceptors (Lipinski definition) is 4. The fourth-order valence-corrected chi connectivity index (χ4v) is 2.87. The number of benzene rings is 1. The largest absolute Gasteiger partial charge is 0.497 e. The normalized spacial score (nSPS) is 18.8. The summed E-state index contributed by atoms with van der Waals surface area (Å²) in [5.41, 5.74) is 1.60. The second kappa shape index (κ2) is 6.78. The van der Waals surface area contributed by atoms with Crippen molar-refractivity contribution < 1.29 is 14.3 Å². The van der Waals surface area contributed by atoms with Crippen LogP contribution in [0, 0.1) is 5.92 Å². The summed E-state index contributed by atoms with van der Waals surface area (Å²) in [4.78, 5) is 26.6. The van der Waals surface area contributed by atoms with Crippen LogP contribution >= 0.6 is 0 Å². The van der Waals surface area contributed by atoms with Crippen LogP contribution in [0.15, 0.2) is 41.3 Å². The first kappa shape index (κ1) is 16.1. The molecule has 2 N–H and O–H groups in total. The third-order valence-electron chi connectivity index (χ3n) is 4.25. The lowest BCUT2D eigenvalue weighted by Gasteiger charge is -2.10. The number of methoxy groups -OCH3 is 2. The molecule has 1 aliphatic carbocycles. The Labute approximate surface area is 139 Å². The Morgan fingerprint density at radius 2 is 2.08 bits per heavy atom. The summed E-state index contributed by atoms with van der Waals surface area (Å²) in [6, 6.07) is 8.54. The van der Waals surface area contributed by atoms with Crippen molar-refractivity contribution in [3.8, 4) is 11.5 Å². The molecule has 1 aliphatic rings. The molecule has 1 saturated carbocycles. The number of nitrogens with one attached hydrogen (secondary N) is 2. The molecule has 6 heteroatoms. The summed E-state index contributed by atoms with van der Waals surface area (Å²) in [6.45, 7) is 0.313. The van der Waals surface area contributed by atoms with Gasteiger partial charge in [-0.25, -0.2) is 0 Å². The standard InChI is InChI=1S/C18H20N2O4/c1-23-13-3-4-17(24-2)15(8-13)14-9-16(14)18(22)20-10-11-7-12(21)5-6-19-11/h3-8,14,16H,9-10H2,1-2H3,(H,19,21)(H,20,22). The summed E-state index contributed by atoms with van der Waals surface area (Å²) in [6.07, 6.45) is 2.35.